The van der Waals surface area contributed by atoms with Crippen LogP contribution >= 0.6 is 0 Å². The molecule has 1 aliphatic rings. The van der Waals surface area contributed by atoms with Crippen LogP contribution < -0.4 is 10.7 Å². The molecule has 3 N–H and O–H groups in total. The molecule has 2 aromatic carbocycles. The molecule has 0 radical (unpaired) electrons. The maximum atomic E-state index is 13.0. The minimum absolute atomic E-state index is 0.300. The number of anilines is 1. The van der Waals surface area contributed by atoms with E-state index >= 15 is 0 Å². The van der Waals surface area contributed by atoms with E-state index in [0.717, 1.165) is 10.6 Å². The summed E-state index contributed by atoms with van der Waals surface area (Å²) >= 11 is 0. The number of carbonyl (C=O) groups is 3. The van der Waals surface area contributed by atoms with Crippen LogP contribution in [0.4, 0.5) is 10.5 Å². The monoisotopic (exact) mass is 430 g/mol. The predicted molar refractivity (Wildman–Crippen MR) is 119 cm³/mol. The average Bonchev–Trinajstić information content (AvgIpc) is 3.22. The molecule has 3 aromatic rings. The van der Waals surface area contributed by atoms with Crippen molar-refractivity contribution in [1.82, 2.24) is 9.99 Å². The van der Waals surface area contributed by atoms with Crippen LogP contribution in [-0.2, 0) is 6.42 Å². The molecule has 2 heterocycles. The van der Waals surface area contributed by atoms with Crippen LogP contribution in [0.5, 0.6) is 0 Å². The predicted octanol–water partition coefficient (Wildman–Crippen LogP) is 3.38. The van der Waals surface area contributed by atoms with E-state index in [1.165, 1.54) is 0 Å². The summed E-state index contributed by atoms with van der Waals surface area (Å²) in [6.07, 6.45) is 2.44. The number of pyridine rings is 1. The third kappa shape index (κ3) is 3.78. The minimum atomic E-state index is -1.26. The van der Waals surface area contributed by atoms with Gasteiger partial charge >= 0.3 is 6.09 Å². The smallest absolute Gasteiger partial charge is 0.427 e. The van der Waals surface area contributed by atoms with Crippen molar-refractivity contribution in [3.8, 4) is 11.1 Å². The SMILES string of the molecule is CC(C(=O)c1ccccc1)N(C(=O)O)N1CCc2c(C(N)=O)cc(-c3ccncc3)cc21. The van der Waals surface area contributed by atoms with Gasteiger partial charge in [-0.2, -0.15) is 0 Å². The fourth-order valence-corrected chi connectivity index (χ4v) is 4.08. The van der Waals surface area contributed by atoms with E-state index in [0.29, 0.717) is 40.9 Å². The fraction of sp³-hybridized carbons (Fsp3) is 0.167. The Labute approximate surface area is 184 Å². The lowest BCUT2D eigenvalue weighted by Crippen LogP contribution is -2.53. The van der Waals surface area contributed by atoms with Crippen LogP contribution in [-0.4, -0.2) is 45.5 Å². The summed E-state index contributed by atoms with van der Waals surface area (Å²) in [4.78, 5) is 41.5. The molecule has 0 bridgehead atoms. The lowest BCUT2D eigenvalue weighted by molar-refractivity contribution is 0.0790. The van der Waals surface area contributed by atoms with E-state index in [2.05, 4.69) is 4.98 Å². The standard InChI is InChI=1S/C24H22N4O4/c1-15(22(29)17-5-3-2-4-6-17)28(24(31)32)27-12-9-19-20(23(25)30)13-18(14-21(19)27)16-7-10-26-11-8-16/h2-8,10-11,13-15H,9,12H2,1H3,(H2,25,30)(H,31,32). The molecule has 162 valence electrons. The summed E-state index contributed by atoms with van der Waals surface area (Å²) in [5.74, 6) is -0.906. The van der Waals surface area contributed by atoms with Gasteiger partial charge < -0.3 is 10.8 Å². The molecule has 0 saturated carbocycles. The summed E-state index contributed by atoms with van der Waals surface area (Å²) < 4.78 is 0. The van der Waals surface area contributed by atoms with Crippen LogP contribution in [0.1, 0.15) is 33.2 Å². The van der Waals surface area contributed by atoms with Crippen LogP contribution in [0, 0.1) is 0 Å². The first-order valence-electron chi connectivity index (χ1n) is 10.1. The number of hydrazine groups is 1. The fourth-order valence-electron chi connectivity index (χ4n) is 4.08. The van der Waals surface area contributed by atoms with Crippen molar-refractivity contribution in [2.24, 2.45) is 5.73 Å². The molecule has 1 aromatic heterocycles. The molecule has 1 unspecified atom stereocenters. The van der Waals surface area contributed by atoms with Gasteiger partial charge in [0.1, 0.15) is 6.04 Å². The summed E-state index contributed by atoms with van der Waals surface area (Å²) in [7, 11) is 0. The zero-order valence-electron chi connectivity index (χ0n) is 17.4. The van der Waals surface area contributed by atoms with Gasteiger partial charge in [0.25, 0.3) is 0 Å². The highest BCUT2D eigenvalue weighted by Gasteiger charge is 2.36. The molecule has 8 nitrogen and oxygen atoms in total. The molecule has 0 aliphatic carbocycles. The largest absolute Gasteiger partial charge is 0.464 e. The third-order valence-corrected chi connectivity index (χ3v) is 5.62. The highest BCUT2D eigenvalue weighted by Crippen LogP contribution is 2.37. The number of Topliss-reactive ketones (excluding diaryl/α,β-unsaturated/α-hetero) is 1. The Kier molecular flexibility index (Phi) is 5.59. The minimum Gasteiger partial charge on any atom is -0.464 e. The highest BCUT2D eigenvalue weighted by atomic mass is 16.4. The maximum Gasteiger partial charge on any atom is 0.427 e. The van der Waals surface area contributed by atoms with Crippen molar-refractivity contribution in [2.45, 2.75) is 19.4 Å². The van der Waals surface area contributed by atoms with E-state index < -0.39 is 18.0 Å². The summed E-state index contributed by atoms with van der Waals surface area (Å²) in [6, 6.07) is 14.7. The number of fused-ring (bicyclic) bond motifs is 1. The van der Waals surface area contributed by atoms with E-state index in [4.69, 9.17) is 5.73 Å². The van der Waals surface area contributed by atoms with Gasteiger partial charge in [0.2, 0.25) is 5.91 Å². The number of rotatable bonds is 6. The Morgan fingerprint density at radius 2 is 1.75 bits per heavy atom. The van der Waals surface area contributed by atoms with Gasteiger partial charge in [-0.25, -0.2) is 9.80 Å². The van der Waals surface area contributed by atoms with Crippen molar-refractivity contribution in [3.63, 3.8) is 0 Å². The van der Waals surface area contributed by atoms with Gasteiger partial charge in [0, 0.05) is 30.1 Å². The third-order valence-electron chi connectivity index (χ3n) is 5.62. The lowest BCUT2D eigenvalue weighted by atomic mass is 9.97. The molecule has 0 spiro atoms. The highest BCUT2D eigenvalue weighted by molar-refractivity contribution is 6.02. The Morgan fingerprint density at radius 3 is 2.38 bits per heavy atom. The number of carboxylic acid groups (broad SMARTS) is 1. The second-order valence-corrected chi connectivity index (χ2v) is 7.53. The van der Waals surface area contributed by atoms with Crippen molar-refractivity contribution >= 4 is 23.5 Å². The van der Waals surface area contributed by atoms with E-state index in [9.17, 15) is 19.5 Å². The first-order valence-corrected chi connectivity index (χ1v) is 10.1. The summed E-state index contributed by atoms with van der Waals surface area (Å²) in [5, 5.41) is 12.6. The van der Waals surface area contributed by atoms with Crippen LogP contribution in [0.15, 0.2) is 67.0 Å². The molecular formula is C24H22N4O4. The van der Waals surface area contributed by atoms with E-state index in [-0.39, 0.29) is 5.78 Å². The first-order chi connectivity index (χ1) is 15.4. The molecule has 0 saturated heterocycles. The van der Waals surface area contributed by atoms with Gasteiger partial charge in [-0.3, -0.25) is 19.6 Å². The van der Waals surface area contributed by atoms with Crippen LogP contribution in [0.25, 0.3) is 11.1 Å². The number of aromatic nitrogens is 1. The number of benzene rings is 2. The van der Waals surface area contributed by atoms with Crippen molar-refractivity contribution in [2.75, 3.05) is 11.6 Å². The van der Waals surface area contributed by atoms with Crippen molar-refractivity contribution < 1.29 is 19.5 Å². The Morgan fingerprint density at radius 1 is 1.06 bits per heavy atom. The van der Waals surface area contributed by atoms with Crippen molar-refractivity contribution in [1.29, 1.82) is 0 Å². The molecule has 4 rings (SSSR count). The van der Waals surface area contributed by atoms with E-state index in [1.54, 1.807) is 72.9 Å². The summed E-state index contributed by atoms with van der Waals surface area (Å²) in [5.41, 5.74) is 9.14. The lowest BCUT2D eigenvalue weighted by Gasteiger charge is -2.35. The van der Waals surface area contributed by atoms with Gasteiger partial charge in [0.05, 0.1) is 5.69 Å². The first kappa shape index (κ1) is 21.0. The van der Waals surface area contributed by atoms with Crippen molar-refractivity contribution in [3.05, 3.63) is 83.7 Å². The van der Waals surface area contributed by atoms with Crippen LogP contribution in [0.3, 0.4) is 0 Å². The molecule has 2 amide bonds. The Bertz CT molecular complexity index is 1180. The quantitative estimate of drug-likeness (QED) is 0.579. The molecule has 32 heavy (non-hydrogen) atoms. The Hall–Kier alpha value is -4.20. The van der Waals surface area contributed by atoms with Gasteiger partial charge in [-0.1, -0.05) is 30.3 Å². The number of hydrogen-bond donors (Lipinski definition) is 2. The number of carbonyl (C=O) groups excluding carboxylic acids is 2. The molecule has 0 fully saturated rings. The maximum absolute atomic E-state index is 13.0. The number of hydrogen-bond acceptors (Lipinski definition) is 5. The zero-order valence-corrected chi connectivity index (χ0v) is 17.4. The van der Waals surface area contributed by atoms with Gasteiger partial charge in [-0.15, -0.1) is 0 Å². The van der Waals surface area contributed by atoms with Gasteiger partial charge in [-0.05, 0) is 54.3 Å². The normalized spacial score (nSPS) is 13.3. The Balaban J connectivity index is 1.79. The van der Waals surface area contributed by atoms with Gasteiger partial charge in [0.15, 0.2) is 5.78 Å². The summed E-state index contributed by atoms with van der Waals surface area (Å²) in [6.45, 7) is 1.86. The topological polar surface area (TPSA) is 117 Å². The number of nitrogens with two attached hydrogens (primary N) is 1. The number of primary amides is 1. The second kappa shape index (κ2) is 8.50. The second-order valence-electron chi connectivity index (χ2n) is 7.53. The molecule has 1 atom stereocenters. The number of ketones is 1. The molecule has 8 heteroatoms. The molecule has 1 aliphatic heterocycles. The van der Waals surface area contributed by atoms with Crippen LogP contribution in [0.2, 0.25) is 0 Å². The number of nitrogens with zero attached hydrogens (tertiary/aromatic N) is 3. The zero-order chi connectivity index (χ0) is 22.8. The van der Waals surface area contributed by atoms with E-state index in [1.807, 2.05) is 6.07 Å². The number of amides is 2. The average molecular weight is 430 g/mol. The molecular weight excluding hydrogens is 408 g/mol.